The van der Waals surface area contributed by atoms with E-state index in [1.54, 1.807) is 29.5 Å². The highest BCUT2D eigenvalue weighted by atomic mass is 32.1. The van der Waals surface area contributed by atoms with Crippen LogP contribution in [0.2, 0.25) is 0 Å². The Labute approximate surface area is 116 Å². The fourth-order valence-electron chi connectivity index (χ4n) is 1.83. The summed E-state index contributed by atoms with van der Waals surface area (Å²) < 4.78 is 0. The fraction of sp³-hybridized carbons (Fsp3) is 0.286. The first-order chi connectivity index (χ1) is 9.08. The number of amides is 1. The Morgan fingerprint density at radius 1 is 1.42 bits per heavy atom. The minimum Gasteiger partial charge on any atom is -0.339 e. The van der Waals surface area contributed by atoms with E-state index >= 15 is 0 Å². The predicted molar refractivity (Wildman–Crippen MR) is 76.7 cm³/mol. The first-order valence-corrected chi connectivity index (χ1v) is 6.86. The SMILES string of the molecule is Cc1ncc(CN(C)C(=O)C(N)c2ccccc2)s1. The van der Waals surface area contributed by atoms with Gasteiger partial charge in [-0.2, -0.15) is 0 Å². The van der Waals surface area contributed by atoms with Gasteiger partial charge in [0.2, 0.25) is 5.91 Å². The molecule has 0 radical (unpaired) electrons. The Hall–Kier alpha value is -1.72. The second kappa shape index (κ2) is 5.95. The molecule has 2 aromatic rings. The van der Waals surface area contributed by atoms with Gasteiger partial charge in [-0.25, -0.2) is 4.98 Å². The van der Waals surface area contributed by atoms with Gasteiger partial charge in [-0.1, -0.05) is 30.3 Å². The van der Waals surface area contributed by atoms with Crippen LogP contribution in [-0.2, 0) is 11.3 Å². The van der Waals surface area contributed by atoms with Crippen LogP contribution in [0.1, 0.15) is 21.5 Å². The van der Waals surface area contributed by atoms with Crippen LogP contribution in [0.5, 0.6) is 0 Å². The molecular weight excluding hydrogens is 258 g/mol. The number of aromatic nitrogens is 1. The van der Waals surface area contributed by atoms with Crippen LogP contribution >= 0.6 is 11.3 Å². The maximum absolute atomic E-state index is 12.2. The molecule has 0 saturated heterocycles. The lowest BCUT2D eigenvalue weighted by Crippen LogP contribution is -2.35. The van der Waals surface area contributed by atoms with Gasteiger partial charge >= 0.3 is 0 Å². The van der Waals surface area contributed by atoms with Gasteiger partial charge in [0.15, 0.2) is 0 Å². The summed E-state index contributed by atoms with van der Waals surface area (Å²) in [7, 11) is 1.76. The van der Waals surface area contributed by atoms with Crippen molar-refractivity contribution in [3.05, 3.63) is 52.0 Å². The van der Waals surface area contributed by atoms with E-state index < -0.39 is 6.04 Å². The molecule has 100 valence electrons. The number of hydrogen-bond donors (Lipinski definition) is 1. The predicted octanol–water partition coefficient (Wildman–Crippen LogP) is 2.11. The van der Waals surface area contributed by atoms with Crippen molar-refractivity contribution in [1.29, 1.82) is 0 Å². The molecule has 1 atom stereocenters. The molecule has 0 spiro atoms. The van der Waals surface area contributed by atoms with Crippen molar-refractivity contribution in [2.24, 2.45) is 5.73 Å². The monoisotopic (exact) mass is 275 g/mol. The zero-order valence-corrected chi connectivity index (χ0v) is 11.9. The maximum atomic E-state index is 12.2. The second-order valence-corrected chi connectivity index (χ2v) is 5.75. The van der Waals surface area contributed by atoms with Crippen LogP contribution in [0, 0.1) is 6.92 Å². The van der Waals surface area contributed by atoms with Crippen LogP contribution in [0.25, 0.3) is 0 Å². The third kappa shape index (κ3) is 3.39. The third-order valence-corrected chi connectivity index (χ3v) is 3.76. The average molecular weight is 275 g/mol. The van der Waals surface area contributed by atoms with Crippen LogP contribution < -0.4 is 5.73 Å². The Morgan fingerprint density at radius 2 is 2.11 bits per heavy atom. The number of hydrogen-bond acceptors (Lipinski definition) is 4. The Bertz CT molecular complexity index is 553. The standard InChI is InChI=1S/C14H17N3OS/c1-10-16-8-12(19-10)9-17(2)14(18)13(15)11-6-4-3-5-7-11/h3-8,13H,9,15H2,1-2H3. The zero-order chi connectivity index (χ0) is 13.8. The topological polar surface area (TPSA) is 59.2 Å². The molecule has 0 bridgehead atoms. The van der Waals surface area contributed by atoms with E-state index in [-0.39, 0.29) is 5.91 Å². The molecule has 5 heteroatoms. The van der Waals surface area contributed by atoms with Gasteiger partial charge in [0, 0.05) is 18.1 Å². The average Bonchev–Trinajstić information content (AvgIpc) is 2.83. The maximum Gasteiger partial charge on any atom is 0.244 e. The number of nitrogens with two attached hydrogens (primary N) is 1. The minimum absolute atomic E-state index is 0.0859. The summed E-state index contributed by atoms with van der Waals surface area (Å²) in [5.41, 5.74) is 6.83. The van der Waals surface area contributed by atoms with Gasteiger partial charge in [0.05, 0.1) is 11.6 Å². The van der Waals surface area contributed by atoms with E-state index in [1.807, 2.05) is 37.3 Å². The zero-order valence-electron chi connectivity index (χ0n) is 11.0. The number of likely N-dealkylation sites (N-methyl/N-ethyl adjacent to an activating group) is 1. The van der Waals surface area contributed by atoms with Gasteiger partial charge in [-0.15, -0.1) is 11.3 Å². The number of benzene rings is 1. The van der Waals surface area contributed by atoms with Gasteiger partial charge in [-0.3, -0.25) is 4.79 Å². The smallest absolute Gasteiger partial charge is 0.244 e. The Kier molecular flexibility index (Phi) is 4.29. The normalized spacial score (nSPS) is 12.2. The molecule has 0 fully saturated rings. The summed E-state index contributed by atoms with van der Waals surface area (Å²) in [6.07, 6.45) is 1.80. The molecule has 1 aromatic carbocycles. The first-order valence-electron chi connectivity index (χ1n) is 6.04. The molecule has 1 unspecified atom stereocenters. The van der Waals surface area contributed by atoms with Gasteiger partial charge < -0.3 is 10.6 Å². The second-order valence-electron chi connectivity index (χ2n) is 4.43. The molecule has 1 aromatic heterocycles. The first kappa shape index (κ1) is 13.7. The van der Waals surface area contributed by atoms with Crippen molar-refractivity contribution < 1.29 is 4.79 Å². The van der Waals surface area contributed by atoms with Crippen LogP contribution in [0.4, 0.5) is 0 Å². The van der Waals surface area contributed by atoms with Crippen molar-refractivity contribution in [2.75, 3.05) is 7.05 Å². The highest BCUT2D eigenvalue weighted by molar-refractivity contribution is 7.11. The molecule has 0 aliphatic heterocycles. The van der Waals surface area contributed by atoms with E-state index in [9.17, 15) is 4.79 Å². The van der Waals surface area contributed by atoms with Gasteiger partial charge in [0.25, 0.3) is 0 Å². The number of thiazole rings is 1. The largest absolute Gasteiger partial charge is 0.339 e. The summed E-state index contributed by atoms with van der Waals surface area (Å²) >= 11 is 1.60. The molecular formula is C14H17N3OS. The number of nitrogens with zero attached hydrogens (tertiary/aromatic N) is 2. The molecule has 2 N–H and O–H groups in total. The molecule has 1 amide bonds. The summed E-state index contributed by atoms with van der Waals surface area (Å²) in [5.74, 6) is -0.0859. The van der Waals surface area contributed by atoms with E-state index in [0.29, 0.717) is 6.54 Å². The summed E-state index contributed by atoms with van der Waals surface area (Å²) in [6.45, 7) is 2.50. The highest BCUT2D eigenvalue weighted by Crippen LogP contribution is 2.17. The van der Waals surface area contributed by atoms with Crippen molar-refractivity contribution >= 4 is 17.2 Å². The number of carbonyl (C=O) groups is 1. The van der Waals surface area contributed by atoms with Crippen molar-refractivity contribution in [1.82, 2.24) is 9.88 Å². The highest BCUT2D eigenvalue weighted by Gasteiger charge is 2.20. The molecule has 0 aliphatic carbocycles. The van der Waals surface area contributed by atoms with Crippen LogP contribution in [0.3, 0.4) is 0 Å². The number of aryl methyl sites for hydroxylation is 1. The molecule has 1 heterocycles. The summed E-state index contributed by atoms with van der Waals surface area (Å²) in [4.78, 5) is 19.1. The van der Waals surface area contributed by atoms with Gasteiger partial charge in [-0.05, 0) is 12.5 Å². The van der Waals surface area contributed by atoms with Crippen LogP contribution in [0.15, 0.2) is 36.5 Å². The third-order valence-electron chi connectivity index (χ3n) is 2.86. The van der Waals surface area contributed by atoms with Gasteiger partial charge in [0.1, 0.15) is 6.04 Å². The fourth-order valence-corrected chi connectivity index (χ4v) is 2.68. The molecule has 4 nitrogen and oxygen atoms in total. The summed E-state index contributed by atoms with van der Waals surface area (Å²) in [5, 5.41) is 1.00. The van der Waals surface area contributed by atoms with E-state index in [1.165, 1.54) is 0 Å². The van der Waals surface area contributed by atoms with Crippen LogP contribution in [-0.4, -0.2) is 22.8 Å². The van der Waals surface area contributed by atoms with E-state index in [0.717, 1.165) is 15.4 Å². The summed E-state index contributed by atoms with van der Waals surface area (Å²) in [6, 6.07) is 8.80. The van der Waals surface area contributed by atoms with Crippen molar-refractivity contribution in [2.45, 2.75) is 19.5 Å². The molecule has 0 aliphatic rings. The lowest BCUT2D eigenvalue weighted by molar-refractivity contribution is -0.131. The molecule has 0 saturated carbocycles. The Balaban J connectivity index is 2.03. The quantitative estimate of drug-likeness (QED) is 0.929. The van der Waals surface area contributed by atoms with Crippen molar-refractivity contribution in [3.63, 3.8) is 0 Å². The van der Waals surface area contributed by atoms with Crippen molar-refractivity contribution in [3.8, 4) is 0 Å². The minimum atomic E-state index is -0.611. The molecule has 19 heavy (non-hydrogen) atoms. The molecule has 2 rings (SSSR count). The number of rotatable bonds is 4. The lowest BCUT2D eigenvalue weighted by Gasteiger charge is -2.20. The van der Waals surface area contributed by atoms with E-state index in [4.69, 9.17) is 5.73 Å². The number of carbonyl (C=O) groups excluding carboxylic acids is 1. The van der Waals surface area contributed by atoms with E-state index in [2.05, 4.69) is 4.98 Å². The lowest BCUT2D eigenvalue weighted by atomic mass is 10.1. The Morgan fingerprint density at radius 3 is 2.68 bits per heavy atom.